The van der Waals surface area contributed by atoms with Gasteiger partial charge in [-0.15, -0.1) is 0 Å². The number of nitrogens with one attached hydrogen (secondary N) is 2. The highest BCUT2D eigenvalue weighted by molar-refractivity contribution is 7.80. The number of hydrogen-bond acceptors (Lipinski definition) is 3. The largest absolute Gasteiger partial charge is 0.361 e. The number of halogens is 1. The lowest BCUT2D eigenvalue weighted by Crippen LogP contribution is -2.48. The maximum Gasteiger partial charge on any atom is 0.170 e. The van der Waals surface area contributed by atoms with E-state index >= 15 is 0 Å². The fourth-order valence-electron chi connectivity index (χ4n) is 3.05. The second kappa shape index (κ2) is 9.88. The van der Waals surface area contributed by atoms with Gasteiger partial charge in [0.2, 0.25) is 0 Å². The Hall–Kier alpha value is -1.66. The Morgan fingerprint density at radius 3 is 2.27 bits per heavy atom. The lowest BCUT2D eigenvalue weighted by Gasteiger charge is -2.34. The molecular weight excluding hydrogens is 364 g/mol. The number of benzene rings is 2. The minimum Gasteiger partial charge on any atom is -0.361 e. The van der Waals surface area contributed by atoms with Crippen LogP contribution in [-0.2, 0) is 6.54 Å². The van der Waals surface area contributed by atoms with Crippen molar-refractivity contribution in [1.82, 2.24) is 15.1 Å². The smallest absolute Gasteiger partial charge is 0.170 e. The summed E-state index contributed by atoms with van der Waals surface area (Å²) in [6, 6.07) is 18.2. The summed E-state index contributed by atoms with van der Waals surface area (Å²) in [4.78, 5) is 5.01. The van der Waals surface area contributed by atoms with Crippen molar-refractivity contribution >= 4 is 34.6 Å². The summed E-state index contributed by atoms with van der Waals surface area (Å²) < 4.78 is 0. The van der Waals surface area contributed by atoms with Gasteiger partial charge in [-0.25, -0.2) is 0 Å². The number of anilines is 1. The molecule has 1 heterocycles. The molecule has 26 heavy (non-hydrogen) atoms. The van der Waals surface area contributed by atoms with Gasteiger partial charge in [0.25, 0.3) is 0 Å². The molecule has 0 amide bonds. The Morgan fingerprint density at radius 2 is 1.58 bits per heavy atom. The van der Waals surface area contributed by atoms with Crippen LogP contribution in [0.4, 0.5) is 5.69 Å². The van der Waals surface area contributed by atoms with E-state index in [1.807, 2.05) is 24.3 Å². The van der Waals surface area contributed by atoms with Crippen molar-refractivity contribution < 1.29 is 0 Å². The van der Waals surface area contributed by atoms with Crippen LogP contribution in [0.2, 0.25) is 5.02 Å². The fraction of sp³-hybridized carbons (Fsp3) is 0.350. The summed E-state index contributed by atoms with van der Waals surface area (Å²) in [6.45, 7) is 7.32. The molecule has 2 aromatic rings. The number of nitrogens with zero attached hydrogens (tertiary/aromatic N) is 2. The van der Waals surface area contributed by atoms with Gasteiger partial charge in [0.05, 0.1) is 0 Å². The van der Waals surface area contributed by atoms with Crippen molar-refractivity contribution in [2.24, 2.45) is 0 Å². The predicted octanol–water partition coefficient (Wildman–Crippen LogP) is 3.44. The SMILES string of the molecule is S=C(NCCN1CCN(Cc2ccccc2)CC1)Nc1ccc(Cl)cc1. The summed E-state index contributed by atoms with van der Waals surface area (Å²) in [5, 5.41) is 7.82. The number of piperazine rings is 1. The lowest BCUT2D eigenvalue weighted by atomic mass is 10.2. The first-order valence-electron chi connectivity index (χ1n) is 8.98. The molecule has 6 heteroatoms. The fourth-order valence-corrected chi connectivity index (χ4v) is 3.39. The molecule has 0 aromatic heterocycles. The Kier molecular flexibility index (Phi) is 7.26. The summed E-state index contributed by atoms with van der Waals surface area (Å²) in [5.74, 6) is 0. The molecule has 2 N–H and O–H groups in total. The lowest BCUT2D eigenvalue weighted by molar-refractivity contribution is 0.129. The third kappa shape index (κ3) is 6.25. The van der Waals surface area contributed by atoms with E-state index in [2.05, 4.69) is 50.8 Å². The van der Waals surface area contributed by atoms with Crippen LogP contribution in [0.3, 0.4) is 0 Å². The highest BCUT2D eigenvalue weighted by atomic mass is 35.5. The second-order valence-electron chi connectivity index (χ2n) is 6.49. The summed E-state index contributed by atoms with van der Waals surface area (Å²) in [6.07, 6.45) is 0. The molecule has 0 spiro atoms. The number of hydrogen-bond donors (Lipinski definition) is 2. The van der Waals surface area contributed by atoms with E-state index in [-0.39, 0.29) is 0 Å². The van der Waals surface area contributed by atoms with E-state index in [9.17, 15) is 0 Å². The van der Waals surface area contributed by atoms with Crippen molar-refractivity contribution in [3.8, 4) is 0 Å². The van der Waals surface area contributed by atoms with Gasteiger partial charge in [-0.2, -0.15) is 0 Å². The van der Waals surface area contributed by atoms with Crippen LogP contribution >= 0.6 is 23.8 Å². The van der Waals surface area contributed by atoms with Gasteiger partial charge in [-0.1, -0.05) is 41.9 Å². The first-order valence-corrected chi connectivity index (χ1v) is 9.77. The molecule has 1 aliphatic rings. The quantitative estimate of drug-likeness (QED) is 0.740. The van der Waals surface area contributed by atoms with Crippen molar-refractivity contribution in [3.63, 3.8) is 0 Å². The molecule has 4 nitrogen and oxygen atoms in total. The molecule has 1 aliphatic heterocycles. The molecule has 0 unspecified atom stereocenters. The summed E-state index contributed by atoms with van der Waals surface area (Å²) >= 11 is 11.2. The molecule has 138 valence electrons. The van der Waals surface area contributed by atoms with Gasteiger partial charge >= 0.3 is 0 Å². The Labute approximate surface area is 166 Å². The van der Waals surface area contributed by atoms with Crippen LogP contribution < -0.4 is 10.6 Å². The number of thiocarbonyl (C=S) groups is 1. The van der Waals surface area contributed by atoms with Gasteiger partial charge in [0.1, 0.15) is 0 Å². The summed E-state index contributed by atoms with van der Waals surface area (Å²) in [5.41, 5.74) is 2.34. The van der Waals surface area contributed by atoms with Crippen molar-refractivity contribution in [1.29, 1.82) is 0 Å². The Bertz CT molecular complexity index is 685. The predicted molar refractivity (Wildman–Crippen MR) is 114 cm³/mol. The zero-order chi connectivity index (χ0) is 18.2. The van der Waals surface area contributed by atoms with Gasteiger partial charge in [-0.3, -0.25) is 9.80 Å². The van der Waals surface area contributed by atoms with Crippen LogP contribution in [0, 0.1) is 0 Å². The molecular formula is C20H25ClN4S. The topological polar surface area (TPSA) is 30.5 Å². The minimum absolute atomic E-state index is 0.648. The maximum absolute atomic E-state index is 5.89. The Morgan fingerprint density at radius 1 is 0.923 bits per heavy atom. The first-order chi connectivity index (χ1) is 12.7. The van der Waals surface area contributed by atoms with E-state index in [1.165, 1.54) is 5.56 Å². The summed E-state index contributed by atoms with van der Waals surface area (Å²) in [7, 11) is 0. The molecule has 1 fully saturated rings. The van der Waals surface area contributed by atoms with Gasteiger partial charge in [0.15, 0.2) is 5.11 Å². The molecule has 0 aliphatic carbocycles. The van der Waals surface area contributed by atoms with Gasteiger partial charge in [-0.05, 0) is 42.0 Å². The highest BCUT2D eigenvalue weighted by Crippen LogP contribution is 2.13. The Balaban J connectivity index is 1.31. The molecule has 0 saturated carbocycles. The molecule has 2 aromatic carbocycles. The average molecular weight is 389 g/mol. The van der Waals surface area contributed by atoms with Crippen LogP contribution in [-0.4, -0.2) is 54.2 Å². The molecule has 0 radical (unpaired) electrons. The highest BCUT2D eigenvalue weighted by Gasteiger charge is 2.16. The van der Waals surface area contributed by atoms with E-state index in [4.69, 9.17) is 23.8 Å². The molecule has 3 rings (SSSR count). The standard InChI is InChI=1S/C20H25ClN4S/c21-18-6-8-19(9-7-18)23-20(26)22-10-11-24-12-14-25(15-13-24)16-17-4-2-1-3-5-17/h1-9H,10-16H2,(H2,22,23,26). The normalized spacial score (nSPS) is 15.6. The van der Waals surface area contributed by atoms with Crippen molar-refractivity contribution in [3.05, 3.63) is 65.2 Å². The first kappa shape index (κ1) is 19.1. The van der Waals surface area contributed by atoms with E-state index < -0.39 is 0 Å². The van der Waals surface area contributed by atoms with E-state index in [0.717, 1.165) is 56.5 Å². The van der Waals surface area contributed by atoms with Crippen LogP contribution in [0.25, 0.3) is 0 Å². The third-order valence-corrected chi connectivity index (χ3v) is 5.03. The third-order valence-electron chi connectivity index (χ3n) is 4.53. The van der Waals surface area contributed by atoms with Crippen LogP contribution in [0.15, 0.2) is 54.6 Å². The van der Waals surface area contributed by atoms with Crippen LogP contribution in [0.5, 0.6) is 0 Å². The molecule has 0 atom stereocenters. The van der Waals surface area contributed by atoms with Crippen molar-refractivity contribution in [2.75, 3.05) is 44.6 Å². The average Bonchev–Trinajstić information content (AvgIpc) is 2.66. The zero-order valence-corrected chi connectivity index (χ0v) is 16.4. The molecule has 1 saturated heterocycles. The van der Waals surface area contributed by atoms with E-state index in [0.29, 0.717) is 5.11 Å². The zero-order valence-electron chi connectivity index (χ0n) is 14.8. The number of rotatable bonds is 6. The van der Waals surface area contributed by atoms with Crippen LogP contribution in [0.1, 0.15) is 5.56 Å². The minimum atomic E-state index is 0.648. The van der Waals surface area contributed by atoms with Gasteiger partial charge < -0.3 is 10.6 Å². The van der Waals surface area contributed by atoms with Gasteiger partial charge in [0, 0.05) is 56.5 Å². The monoisotopic (exact) mass is 388 g/mol. The maximum atomic E-state index is 5.89. The molecule has 0 bridgehead atoms. The second-order valence-corrected chi connectivity index (χ2v) is 7.34. The van der Waals surface area contributed by atoms with E-state index in [1.54, 1.807) is 0 Å². The van der Waals surface area contributed by atoms with Crippen molar-refractivity contribution in [2.45, 2.75) is 6.54 Å².